The Morgan fingerprint density at radius 1 is 1.32 bits per heavy atom. The molecule has 2 N–H and O–H groups in total. The minimum Gasteiger partial charge on any atom is -0.350 e. The van der Waals surface area contributed by atoms with E-state index in [9.17, 15) is 8.42 Å². The maximum absolute atomic E-state index is 11.8. The molecule has 0 saturated heterocycles. The van der Waals surface area contributed by atoms with Gasteiger partial charge in [0.25, 0.3) is 0 Å². The van der Waals surface area contributed by atoms with Gasteiger partial charge in [-0.1, -0.05) is 12.8 Å². The van der Waals surface area contributed by atoms with Crippen LogP contribution >= 0.6 is 0 Å². The van der Waals surface area contributed by atoms with Crippen LogP contribution in [0.1, 0.15) is 31.2 Å². The lowest BCUT2D eigenvalue weighted by Gasteiger charge is -2.18. The first kappa shape index (κ1) is 15.6. The number of rotatable bonds is 4. The second-order valence-corrected chi connectivity index (χ2v) is 8.64. The third kappa shape index (κ3) is 2.92. The first-order chi connectivity index (χ1) is 10.4. The molecule has 1 unspecified atom stereocenters. The average molecular weight is 320 g/mol. The normalized spacial score (nSPS) is 18.1. The quantitative estimate of drug-likeness (QED) is 0.942. The Morgan fingerprint density at radius 2 is 2.00 bits per heavy atom. The van der Waals surface area contributed by atoms with Crippen molar-refractivity contribution in [2.45, 2.75) is 43.0 Å². The van der Waals surface area contributed by atoms with Gasteiger partial charge in [0.15, 0.2) is 9.84 Å². The Balaban J connectivity index is 1.98. The van der Waals surface area contributed by atoms with E-state index in [1.165, 1.54) is 31.9 Å². The van der Waals surface area contributed by atoms with E-state index in [4.69, 9.17) is 5.73 Å². The molecule has 3 rings (SSSR count). The molecule has 0 spiro atoms. The summed E-state index contributed by atoms with van der Waals surface area (Å²) < 4.78 is 25.6. The van der Waals surface area contributed by atoms with Gasteiger partial charge in [0.05, 0.1) is 4.90 Å². The van der Waals surface area contributed by atoms with Crippen molar-refractivity contribution in [3.63, 3.8) is 0 Å². The van der Waals surface area contributed by atoms with Crippen LogP contribution in [0.5, 0.6) is 0 Å². The van der Waals surface area contributed by atoms with Gasteiger partial charge in [-0.2, -0.15) is 0 Å². The standard InChI is InChI=1S/C17H24N2O2S/c1-19-11-13(9-16(18)12-5-3-4-6-12)15-10-14(22(2,20)21)7-8-17(15)19/h7-8,10-12,16H,3-6,9,18H2,1-2H3. The lowest BCUT2D eigenvalue weighted by molar-refractivity contribution is 0.430. The number of aryl methyl sites for hydroxylation is 1. The van der Waals surface area contributed by atoms with Crippen molar-refractivity contribution < 1.29 is 8.42 Å². The SMILES string of the molecule is Cn1cc(CC(N)C2CCCC2)c2cc(S(C)(=O)=O)ccc21. The van der Waals surface area contributed by atoms with Crippen LogP contribution in [-0.4, -0.2) is 25.3 Å². The molecule has 1 heterocycles. The first-order valence-electron chi connectivity index (χ1n) is 7.90. The molecule has 2 aromatic rings. The van der Waals surface area contributed by atoms with Crippen LogP contribution in [0, 0.1) is 5.92 Å². The zero-order valence-corrected chi connectivity index (χ0v) is 14.1. The molecular weight excluding hydrogens is 296 g/mol. The van der Waals surface area contributed by atoms with Crippen molar-refractivity contribution in [2.24, 2.45) is 18.7 Å². The van der Waals surface area contributed by atoms with Gasteiger partial charge in [0.2, 0.25) is 0 Å². The Hall–Kier alpha value is -1.33. The number of hydrogen-bond acceptors (Lipinski definition) is 3. The molecule has 1 aromatic heterocycles. The molecule has 1 fully saturated rings. The fraction of sp³-hybridized carbons (Fsp3) is 0.529. The summed E-state index contributed by atoms with van der Waals surface area (Å²) in [6, 6.07) is 5.52. The van der Waals surface area contributed by atoms with Crippen molar-refractivity contribution in [3.05, 3.63) is 30.0 Å². The fourth-order valence-corrected chi connectivity index (χ4v) is 4.30. The van der Waals surface area contributed by atoms with E-state index in [-0.39, 0.29) is 6.04 Å². The first-order valence-corrected chi connectivity index (χ1v) is 9.79. The third-order valence-corrected chi connectivity index (χ3v) is 6.04. The number of hydrogen-bond donors (Lipinski definition) is 1. The highest BCUT2D eigenvalue weighted by Crippen LogP contribution is 2.30. The van der Waals surface area contributed by atoms with Crippen LogP contribution in [0.15, 0.2) is 29.3 Å². The Labute approximate surface area is 132 Å². The topological polar surface area (TPSA) is 65.1 Å². The zero-order valence-electron chi connectivity index (χ0n) is 13.2. The van der Waals surface area contributed by atoms with Crippen LogP contribution in [0.2, 0.25) is 0 Å². The average Bonchev–Trinajstić information content (AvgIpc) is 3.07. The number of nitrogens with zero attached hydrogens (tertiary/aromatic N) is 1. The van der Waals surface area contributed by atoms with Crippen molar-refractivity contribution in [1.29, 1.82) is 0 Å². The summed E-state index contributed by atoms with van der Waals surface area (Å²) in [5, 5.41) is 1.01. The van der Waals surface area contributed by atoms with Crippen molar-refractivity contribution in [1.82, 2.24) is 4.57 Å². The van der Waals surface area contributed by atoms with Gasteiger partial charge in [-0.25, -0.2) is 8.42 Å². The summed E-state index contributed by atoms with van der Waals surface area (Å²) in [7, 11) is -1.19. The lowest BCUT2D eigenvalue weighted by Crippen LogP contribution is -2.30. The van der Waals surface area contributed by atoms with E-state index in [2.05, 4.69) is 10.8 Å². The van der Waals surface area contributed by atoms with Crippen LogP contribution < -0.4 is 5.73 Å². The van der Waals surface area contributed by atoms with Gasteiger partial charge in [0.1, 0.15) is 0 Å². The van der Waals surface area contributed by atoms with Crippen LogP contribution in [-0.2, 0) is 23.3 Å². The van der Waals surface area contributed by atoms with Crippen molar-refractivity contribution in [3.8, 4) is 0 Å². The lowest BCUT2D eigenvalue weighted by atomic mass is 9.93. The number of sulfone groups is 1. The summed E-state index contributed by atoms with van der Waals surface area (Å²) in [6.07, 6.45) is 9.17. The smallest absolute Gasteiger partial charge is 0.175 e. The maximum atomic E-state index is 11.8. The maximum Gasteiger partial charge on any atom is 0.175 e. The van der Waals surface area contributed by atoms with E-state index >= 15 is 0 Å². The van der Waals surface area contributed by atoms with Gasteiger partial charge in [0, 0.05) is 36.4 Å². The summed E-state index contributed by atoms with van der Waals surface area (Å²) in [4.78, 5) is 0.377. The Morgan fingerprint density at radius 3 is 2.64 bits per heavy atom. The largest absolute Gasteiger partial charge is 0.350 e. The predicted octanol–water partition coefficient (Wildman–Crippen LogP) is 2.64. The van der Waals surface area contributed by atoms with Gasteiger partial charge in [-0.15, -0.1) is 0 Å². The molecule has 0 bridgehead atoms. The van der Waals surface area contributed by atoms with Crippen LogP contribution in [0.4, 0.5) is 0 Å². The number of nitrogens with two attached hydrogens (primary N) is 1. The predicted molar refractivity (Wildman–Crippen MR) is 89.7 cm³/mol. The van der Waals surface area contributed by atoms with E-state index in [1.54, 1.807) is 12.1 Å². The second-order valence-electron chi connectivity index (χ2n) is 6.63. The van der Waals surface area contributed by atoms with Gasteiger partial charge in [-0.3, -0.25) is 0 Å². The zero-order chi connectivity index (χ0) is 15.9. The molecule has 1 atom stereocenters. The molecule has 1 saturated carbocycles. The highest BCUT2D eigenvalue weighted by molar-refractivity contribution is 7.90. The third-order valence-electron chi connectivity index (χ3n) is 4.93. The minimum absolute atomic E-state index is 0.162. The molecule has 5 heteroatoms. The highest BCUT2D eigenvalue weighted by Gasteiger charge is 2.23. The van der Waals surface area contributed by atoms with Crippen molar-refractivity contribution in [2.75, 3.05) is 6.26 Å². The molecule has 0 aliphatic heterocycles. The Bertz CT molecular complexity index is 786. The van der Waals surface area contributed by atoms with Gasteiger partial charge in [-0.05, 0) is 48.9 Å². The summed E-state index contributed by atoms with van der Waals surface area (Å²) in [6.45, 7) is 0. The summed E-state index contributed by atoms with van der Waals surface area (Å²) in [5.41, 5.74) is 8.62. The molecule has 0 radical (unpaired) electrons. The molecule has 1 aliphatic carbocycles. The van der Waals surface area contributed by atoms with E-state index in [1.807, 2.05) is 13.1 Å². The summed E-state index contributed by atoms with van der Waals surface area (Å²) in [5.74, 6) is 0.605. The summed E-state index contributed by atoms with van der Waals surface area (Å²) >= 11 is 0. The molecule has 120 valence electrons. The van der Waals surface area contributed by atoms with Gasteiger partial charge < -0.3 is 10.3 Å². The van der Waals surface area contributed by atoms with Crippen LogP contribution in [0.25, 0.3) is 10.9 Å². The van der Waals surface area contributed by atoms with Crippen LogP contribution in [0.3, 0.4) is 0 Å². The minimum atomic E-state index is -3.19. The monoisotopic (exact) mass is 320 g/mol. The second kappa shape index (κ2) is 5.70. The number of aromatic nitrogens is 1. The molecule has 0 amide bonds. The fourth-order valence-electron chi connectivity index (χ4n) is 3.65. The van der Waals surface area contributed by atoms with Gasteiger partial charge >= 0.3 is 0 Å². The molecule has 22 heavy (non-hydrogen) atoms. The van der Waals surface area contributed by atoms with E-state index in [0.29, 0.717) is 10.8 Å². The molecule has 4 nitrogen and oxygen atoms in total. The number of benzene rings is 1. The van der Waals surface area contributed by atoms with E-state index < -0.39 is 9.84 Å². The van der Waals surface area contributed by atoms with Crippen molar-refractivity contribution >= 4 is 20.7 Å². The molecule has 1 aliphatic rings. The Kier molecular flexibility index (Phi) is 4.03. The molecule has 1 aromatic carbocycles. The molecular formula is C17H24N2O2S. The van der Waals surface area contributed by atoms with E-state index in [0.717, 1.165) is 22.9 Å². The number of fused-ring (bicyclic) bond motifs is 1. The highest BCUT2D eigenvalue weighted by atomic mass is 32.2.